The van der Waals surface area contributed by atoms with E-state index < -0.39 is 0 Å². The molecule has 0 spiro atoms. The van der Waals surface area contributed by atoms with Gasteiger partial charge in [0.05, 0.1) is 19.7 Å². The molecule has 1 N–H and O–H groups in total. The number of benzene rings is 2. The molecule has 2 aromatic heterocycles. The van der Waals surface area contributed by atoms with Crippen molar-refractivity contribution in [2.45, 2.75) is 46.2 Å². The fourth-order valence-corrected chi connectivity index (χ4v) is 4.61. The number of nitrogens with one attached hydrogen (secondary N) is 1. The molecule has 1 amide bonds. The summed E-state index contributed by atoms with van der Waals surface area (Å²) in [6.45, 7) is 9.60. The highest BCUT2D eigenvalue weighted by atomic mass is 32.1. The molecule has 0 bridgehead atoms. The summed E-state index contributed by atoms with van der Waals surface area (Å²) in [5.74, 6) is 0.648. The van der Waals surface area contributed by atoms with Gasteiger partial charge in [-0.1, -0.05) is 39.0 Å². The van der Waals surface area contributed by atoms with Crippen LogP contribution in [0.4, 0.5) is 0 Å². The number of fused-ring (bicyclic) bond motifs is 1. The van der Waals surface area contributed by atoms with Crippen molar-refractivity contribution in [2.24, 2.45) is 0 Å². The summed E-state index contributed by atoms with van der Waals surface area (Å²) in [5, 5.41) is 2.87. The summed E-state index contributed by atoms with van der Waals surface area (Å²) < 4.78 is 5.61. The van der Waals surface area contributed by atoms with Crippen LogP contribution in [0, 0.1) is 0 Å². The minimum atomic E-state index is -0.191. The van der Waals surface area contributed by atoms with E-state index in [1.807, 2.05) is 73.0 Å². The molecule has 0 saturated carbocycles. The van der Waals surface area contributed by atoms with E-state index >= 15 is 0 Å². The third-order valence-electron chi connectivity index (χ3n) is 5.78. The van der Waals surface area contributed by atoms with E-state index in [1.165, 1.54) is 5.56 Å². The molecular weight excluding hydrogens is 444 g/mol. The van der Waals surface area contributed by atoms with Crippen LogP contribution in [-0.2, 0) is 18.5 Å². The van der Waals surface area contributed by atoms with Crippen molar-refractivity contribution in [2.75, 3.05) is 6.61 Å². The first-order valence-corrected chi connectivity index (χ1v) is 12.3. The van der Waals surface area contributed by atoms with E-state index in [1.54, 1.807) is 16.2 Å². The lowest BCUT2D eigenvalue weighted by Crippen LogP contribution is -2.32. The second-order valence-electron chi connectivity index (χ2n) is 9.37. The largest absolute Gasteiger partial charge is 0.494 e. The molecule has 4 rings (SSSR count). The van der Waals surface area contributed by atoms with E-state index in [4.69, 9.17) is 4.74 Å². The van der Waals surface area contributed by atoms with Crippen LogP contribution in [0.1, 0.15) is 54.1 Å². The Bertz CT molecular complexity index is 1330. The van der Waals surface area contributed by atoms with Gasteiger partial charge in [0.2, 0.25) is 0 Å². The Kier molecular flexibility index (Phi) is 6.89. The Hall–Kier alpha value is -3.38. The number of nitrogens with zero attached hydrogens (tertiary/aromatic N) is 1. The molecule has 176 valence electrons. The lowest BCUT2D eigenvalue weighted by Gasteiger charge is -2.23. The molecular formula is C28H30N2O3S. The molecule has 5 nitrogen and oxygen atoms in total. The highest BCUT2D eigenvalue weighted by Gasteiger charge is 2.20. The van der Waals surface area contributed by atoms with E-state index in [-0.39, 0.29) is 23.4 Å². The van der Waals surface area contributed by atoms with Crippen LogP contribution in [0.15, 0.2) is 70.8 Å². The van der Waals surface area contributed by atoms with Crippen LogP contribution in [0.25, 0.3) is 10.9 Å². The number of amides is 1. The summed E-state index contributed by atoms with van der Waals surface area (Å²) >= 11 is 1.60. The highest BCUT2D eigenvalue weighted by Crippen LogP contribution is 2.24. The summed E-state index contributed by atoms with van der Waals surface area (Å²) in [7, 11) is 0. The van der Waals surface area contributed by atoms with Gasteiger partial charge in [0, 0.05) is 26.9 Å². The maximum absolute atomic E-state index is 13.5. The molecule has 2 aromatic carbocycles. The molecule has 0 aliphatic heterocycles. The average molecular weight is 475 g/mol. The summed E-state index contributed by atoms with van der Waals surface area (Å²) in [6.07, 6.45) is 0. The zero-order valence-electron chi connectivity index (χ0n) is 20.1. The molecule has 0 aliphatic rings. The van der Waals surface area contributed by atoms with Gasteiger partial charge in [-0.3, -0.25) is 9.59 Å². The number of H-pyrrole nitrogens is 1. The second-order valence-corrected chi connectivity index (χ2v) is 10.4. The zero-order chi connectivity index (χ0) is 24.3. The number of pyridine rings is 1. The van der Waals surface area contributed by atoms with E-state index in [2.05, 4.69) is 25.8 Å². The Morgan fingerprint density at radius 3 is 2.44 bits per heavy atom. The molecule has 0 atom stereocenters. The number of ether oxygens (including phenoxy) is 1. The van der Waals surface area contributed by atoms with Crippen molar-refractivity contribution in [3.05, 3.63) is 98.0 Å². The number of aromatic nitrogens is 1. The zero-order valence-corrected chi connectivity index (χ0v) is 20.9. The number of hydrogen-bond donors (Lipinski definition) is 1. The van der Waals surface area contributed by atoms with Gasteiger partial charge in [-0.05, 0) is 65.7 Å². The SMILES string of the molecule is CCOc1ccc2[nH]c(=O)c(CN(Cc3cccs3)C(=O)c3ccc(C(C)(C)C)cc3)cc2c1. The van der Waals surface area contributed by atoms with Crippen LogP contribution < -0.4 is 10.3 Å². The highest BCUT2D eigenvalue weighted by molar-refractivity contribution is 7.09. The third kappa shape index (κ3) is 5.39. The Balaban J connectivity index is 1.67. The summed E-state index contributed by atoms with van der Waals surface area (Å²) in [5.41, 5.74) is 2.88. The van der Waals surface area contributed by atoms with Crippen LogP contribution in [0.5, 0.6) is 5.75 Å². The molecule has 0 saturated heterocycles. The predicted octanol–water partition coefficient (Wildman–Crippen LogP) is 6.13. The van der Waals surface area contributed by atoms with Crippen LogP contribution in [-0.4, -0.2) is 22.4 Å². The lowest BCUT2D eigenvalue weighted by atomic mass is 9.86. The molecule has 4 aromatic rings. The molecule has 0 aliphatic carbocycles. The van der Waals surface area contributed by atoms with Gasteiger partial charge in [-0.25, -0.2) is 0 Å². The van der Waals surface area contributed by atoms with Gasteiger partial charge in [-0.15, -0.1) is 11.3 Å². The molecule has 0 radical (unpaired) electrons. The minimum absolute atomic E-state index is 0.0109. The first-order chi connectivity index (χ1) is 16.2. The fourth-order valence-electron chi connectivity index (χ4n) is 3.89. The summed E-state index contributed by atoms with van der Waals surface area (Å²) in [4.78, 5) is 32.2. The quantitative estimate of drug-likeness (QED) is 0.351. The van der Waals surface area contributed by atoms with Crippen molar-refractivity contribution >= 4 is 28.1 Å². The number of carbonyl (C=O) groups is 1. The van der Waals surface area contributed by atoms with Crippen LogP contribution in [0.2, 0.25) is 0 Å². The summed E-state index contributed by atoms with van der Waals surface area (Å²) in [6, 6.07) is 19.2. The Morgan fingerprint density at radius 1 is 1.03 bits per heavy atom. The number of aromatic amines is 1. The van der Waals surface area contributed by atoms with E-state index in [9.17, 15) is 9.59 Å². The first kappa shape index (κ1) is 23.8. The number of carbonyl (C=O) groups excluding carboxylic acids is 1. The molecule has 6 heteroatoms. The van der Waals surface area contributed by atoms with Crippen molar-refractivity contribution in [1.29, 1.82) is 0 Å². The fraction of sp³-hybridized carbons (Fsp3) is 0.286. The maximum Gasteiger partial charge on any atom is 0.254 e. The average Bonchev–Trinajstić information content (AvgIpc) is 3.32. The van der Waals surface area contributed by atoms with Crippen LogP contribution >= 0.6 is 11.3 Å². The van der Waals surface area contributed by atoms with Crippen LogP contribution in [0.3, 0.4) is 0 Å². The van der Waals surface area contributed by atoms with Gasteiger partial charge >= 0.3 is 0 Å². The molecule has 34 heavy (non-hydrogen) atoms. The lowest BCUT2D eigenvalue weighted by molar-refractivity contribution is 0.0731. The smallest absolute Gasteiger partial charge is 0.254 e. The van der Waals surface area contributed by atoms with Gasteiger partial charge < -0.3 is 14.6 Å². The normalized spacial score (nSPS) is 11.5. The van der Waals surface area contributed by atoms with E-state index in [0.717, 1.165) is 21.5 Å². The van der Waals surface area contributed by atoms with Crippen molar-refractivity contribution < 1.29 is 9.53 Å². The Morgan fingerprint density at radius 2 is 1.79 bits per heavy atom. The topological polar surface area (TPSA) is 62.4 Å². The minimum Gasteiger partial charge on any atom is -0.494 e. The molecule has 0 unspecified atom stereocenters. The second kappa shape index (κ2) is 9.85. The monoisotopic (exact) mass is 474 g/mol. The van der Waals surface area contributed by atoms with Gasteiger partial charge in [0.1, 0.15) is 5.75 Å². The van der Waals surface area contributed by atoms with E-state index in [0.29, 0.717) is 24.3 Å². The maximum atomic E-state index is 13.5. The first-order valence-electron chi connectivity index (χ1n) is 11.5. The van der Waals surface area contributed by atoms with Gasteiger partial charge in [0.15, 0.2) is 0 Å². The molecule has 2 heterocycles. The molecule has 0 fully saturated rings. The van der Waals surface area contributed by atoms with Gasteiger partial charge in [-0.2, -0.15) is 0 Å². The van der Waals surface area contributed by atoms with Crippen molar-refractivity contribution in [3.8, 4) is 5.75 Å². The third-order valence-corrected chi connectivity index (χ3v) is 6.64. The Labute approximate surface area is 204 Å². The number of hydrogen-bond acceptors (Lipinski definition) is 4. The predicted molar refractivity (Wildman–Crippen MR) is 139 cm³/mol. The number of thiophene rings is 1. The van der Waals surface area contributed by atoms with Crippen molar-refractivity contribution in [3.63, 3.8) is 0 Å². The van der Waals surface area contributed by atoms with Gasteiger partial charge in [0.25, 0.3) is 11.5 Å². The number of rotatable bonds is 7. The standard InChI is InChI=1S/C28H30N2O3S/c1-5-33-23-12-13-25-20(16-23)15-21(26(31)29-25)17-30(18-24-7-6-14-34-24)27(32)19-8-10-22(11-9-19)28(2,3)4/h6-16H,5,17-18H2,1-4H3,(H,29,31). The van der Waals surface area contributed by atoms with Crippen molar-refractivity contribution in [1.82, 2.24) is 9.88 Å².